The number of hydrogen-bond acceptors (Lipinski definition) is 4. The summed E-state index contributed by atoms with van der Waals surface area (Å²) in [5, 5.41) is 8.66. The Hall–Kier alpha value is -1.28. The Morgan fingerprint density at radius 1 is 1.15 bits per heavy atom. The lowest BCUT2D eigenvalue weighted by Gasteiger charge is -2.12. The second-order valence-electron chi connectivity index (χ2n) is 4.02. The summed E-state index contributed by atoms with van der Waals surface area (Å²) in [7, 11) is -3.77. The summed E-state index contributed by atoms with van der Waals surface area (Å²) in [6.07, 6.45) is 0. The molecular formula is C12H11BrClN3O2S. The van der Waals surface area contributed by atoms with E-state index in [0.29, 0.717) is 20.9 Å². The van der Waals surface area contributed by atoms with Crippen LogP contribution in [0.1, 0.15) is 0 Å². The van der Waals surface area contributed by atoms with Gasteiger partial charge in [0.2, 0.25) is 10.0 Å². The van der Waals surface area contributed by atoms with Crippen molar-refractivity contribution < 1.29 is 8.42 Å². The van der Waals surface area contributed by atoms with Crippen molar-refractivity contribution in [2.75, 3.05) is 11.1 Å². The number of halogens is 2. The Bertz CT molecular complexity index is 765. The van der Waals surface area contributed by atoms with E-state index >= 15 is 0 Å². The fourth-order valence-electron chi connectivity index (χ4n) is 1.58. The average molecular weight is 377 g/mol. The van der Waals surface area contributed by atoms with Crippen molar-refractivity contribution in [3.05, 3.63) is 45.9 Å². The minimum Gasteiger partial charge on any atom is -0.397 e. The largest absolute Gasteiger partial charge is 0.397 e. The quantitative estimate of drug-likeness (QED) is 0.717. The third-order valence-electron chi connectivity index (χ3n) is 2.57. The molecule has 0 unspecified atom stereocenters. The minimum atomic E-state index is -3.77. The van der Waals surface area contributed by atoms with Gasteiger partial charge in [0.15, 0.2) is 0 Å². The molecule has 5 nitrogen and oxygen atoms in total. The van der Waals surface area contributed by atoms with E-state index in [1.54, 1.807) is 18.2 Å². The summed E-state index contributed by atoms with van der Waals surface area (Å²) < 4.78 is 23.2. The molecule has 2 rings (SSSR count). The molecule has 0 saturated carbocycles. The molecule has 0 aliphatic carbocycles. The lowest BCUT2D eigenvalue weighted by Crippen LogP contribution is -2.12. The number of hydrogen-bond donors (Lipinski definition) is 3. The molecule has 0 atom stereocenters. The lowest BCUT2D eigenvalue weighted by atomic mass is 10.2. The molecule has 0 aliphatic heterocycles. The van der Waals surface area contributed by atoms with Crippen LogP contribution in [0.2, 0.25) is 5.02 Å². The summed E-state index contributed by atoms with van der Waals surface area (Å²) in [5.74, 6) is 0. The van der Waals surface area contributed by atoms with E-state index in [1.807, 2.05) is 6.07 Å². The Morgan fingerprint density at radius 2 is 1.85 bits per heavy atom. The standard InChI is InChI=1S/C12H11BrClN3O2S/c13-12-8(14)2-1-3-11(12)17-10-5-4-7(6-9(10)15)20(16,18)19/h1-6,17H,15H2,(H2,16,18,19). The fraction of sp³-hybridized carbons (Fsp3) is 0. The molecule has 0 fully saturated rings. The summed E-state index contributed by atoms with van der Waals surface area (Å²) in [4.78, 5) is -0.0364. The number of rotatable bonds is 3. The molecule has 0 amide bonds. The highest BCUT2D eigenvalue weighted by Gasteiger charge is 2.11. The first-order valence-corrected chi connectivity index (χ1v) is 8.14. The SMILES string of the molecule is Nc1cc(S(N)(=O)=O)ccc1Nc1cccc(Cl)c1Br. The summed E-state index contributed by atoms with van der Waals surface area (Å²) >= 11 is 9.35. The molecule has 2 aromatic carbocycles. The van der Waals surface area contributed by atoms with Gasteiger partial charge in [-0.2, -0.15) is 0 Å². The molecular weight excluding hydrogens is 366 g/mol. The van der Waals surface area contributed by atoms with E-state index < -0.39 is 10.0 Å². The van der Waals surface area contributed by atoms with E-state index in [-0.39, 0.29) is 10.6 Å². The van der Waals surface area contributed by atoms with Gasteiger partial charge in [0.1, 0.15) is 0 Å². The predicted molar refractivity (Wildman–Crippen MR) is 84.7 cm³/mol. The Morgan fingerprint density at radius 3 is 2.45 bits per heavy atom. The second-order valence-corrected chi connectivity index (χ2v) is 6.78. The van der Waals surface area contributed by atoms with E-state index in [4.69, 9.17) is 22.5 Å². The van der Waals surface area contributed by atoms with Crippen molar-refractivity contribution in [1.29, 1.82) is 0 Å². The van der Waals surface area contributed by atoms with Gasteiger partial charge in [-0.3, -0.25) is 0 Å². The molecule has 0 aliphatic rings. The molecule has 0 radical (unpaired) electrons. The van der Waals surface area contributed by atoms with Crippen LogP contribution in [0.3, 0.4) is 0 Å². The zero-order valence-corrected chi connectivity index (χ0v) is 13.3. The van der Waals surface area contributed by atoms with Crippen LogP contribution in [0.5, 0.6) is 0 Å². The van der Waals surface area contributed by atoms with Crippen LogP contribution in [-0.2, 0) is 10.0 Å². The second kappa shape index (κ2) is 5.61. The zero-order chi connectivity index (χ0) is 14.9. The van der Waals surface area contributed by atoms with Gasteiger partial charge in [-0.25, -0.2) is 13.6 Å². The predicted octanol–water partition coefficient (Wildman–Crippen LogP) is 3.08. The van der Waals surface area contributed by atoms with Crippen LogP contribution in [0, 0.1) is 0 Å². The maximum Gasteiger partial charge on any atom is 0.238 e. The third-order valence-corrected chi connectivity index (χ3v) is 4.88. The van der Waals surface area contributed by atoms with Crippen LogP contribution in [0.15, 0.2) is 45.8 Å². The van der Waals surface area contributed by atoms with E-state index in [2.05, 4.69) is 21.2 Å². The smallest absolute Gasteiger partial charge is 0.238 e. The van der Waals surface area contributed by atoms with Crippen molar-refractivity contribution in [3.8, 4) is 0 Å². The lowest BCUT2D eigenvalue weighted by molar-refractivity contribution is 0.598. The highest BCUT2D eigenvalue weighted by Crippen LogP contribution is 2.34. The van der Waals surface area contributed by atoms with Gasteiger partial charge < -0.3 is 11.1 Å². The van der Waals surface area contributed by atoms with Gasteiger partial charge in [0.05, 0.1) is 31.5 Å². The minimum absolute atomic E-state index is 0.0364. The molecule has 20 heavy (non-hydrogen) atoms. The number of primary sulfonamides is 1. The first-order valence-electron chi connectivity index (χ1n) is 5.42. The van der Waals surface area contributed by atoms with Crippen molar-refractivity contribution >= 4 is 54.6 Å². The first-order chi connectivity index (χ1) is 9.29. The molecule has 0 heterocycles. The van der Waals surface area contributed by atoms with Gasteiger partial charge in [0.25, 0.3) is 0 Å². The number of anilines is 3. The third kappa shape index (κ3) is 3.24. The number of nitrogen functional groups attached to an aromatic ring is 1. The number of nitrogens with one attached hydrogen (secondary N) is 1. The van der Waals surface area contributed by atoms with E-state index in [0.717, 1.165) is 0 Å². The van der Waals surface area contributed by atoms with Crippen LogP contribution in [-0.4, -0.2) is 8.42 Å². The van der Waals surface area contributed by atoms with Gasteiger partial charge in [-0.15, -0.1) is 0 Å². The maximum absolute atomic E-state index is 11.2. The van der Waals surface area contributed by atoms with Crippen molar-refractivity contribution in [1.82, 2.24) is 0 Å². The summed E-state index contributed by atoms with van der Waals surface area (Å²) in [6.45, 7) is 0. The molecule has 2 aromatic rings. The van der Waals surface area contributed by atoms with E-state index in [9.17, 15) is 8.42 Å². The normalized spacial score (nSPS) is 11.3. The van der Waals surface area contributed by atoms with Gasteiger partial charge in [-0.1, -0.05) is 17.7 Å². The molecule has 8 heteroatoms. The van der Waals surface area contributed by atoms with Gasteiger partial charge >= 0.3 is 0 Å². The van der Waals surface area contributed by atoms with Crippen LogP contribution in [0.4, 0.5) is 17.1 Å². The molecule has 0 spiro atoms. The van der Waals surface area contributed by atoms with E-state index in [1.165, 1.54) is 12.1 Å². The van der Waals surface area contributed by atoms with Crippen molar-refractivity contribution in [2.24, 2.45) is 5.14 Å². The topological polar surface area (TPSA) is 98.2 Å². The Balaban J connectivity index is 2.38. The first kappa shape index (κ1) is 15.1. The average Bonchev–Trinajstić information content (AvgIpc) is 2.36. The Labute approximate surface area is 130 Å². The summed E-state index contributed by atoms with van der Waals surface area (Å²) in [6, 6.07) is 9.56. The van der Waals surface area contributed by atoms with Crippen molar-refractivity contribution in [3.63, 3.8) is 0 Å². The molecule has 106 valence electrons. The molecule has 5 N–H and O–H groups in total. The van der Waals surface area contributed by atoms with Crippen LogP contribution < -0.4 is 16.2 Å². The molecule has 0 bridgehead atoms. The van der Waals surface area contributed by atoms with Gasteiger partial charge in [-0.05, 0) is 46.3 Å². The highest BCUT2D eigenvalue weighted by atomic mass is 79.9. The number of sulfonamides is 1. The van der Waals surface area contributed by atoms with Gasteiger partial charge in [0, 0.05) is 0 Å². The maximum atomic E-state index is 11.2. The highest BCUT2D eigenvalue weighted by molar-refractivity contribution is 9.10. The fourth-order valence-corrected chi connectivity index (χ4v) is 2.66. The Kier molecular flexibility index (Phi) is 4.24. The van der Waals surface area contributed by atoms with Crippen LogP contribution in [0.25, 0.3) is 0 Å². The summed E-state index contributed by atoms with van der Waals surface area (Å²) in [5.41, 5.74) is 7.36. The van der Waals surface area contributed by atoms with Crippen LogP contribution >= 0.6 is 27.5 Å². The number of benzene rings is 2. The molecule has 0 aromatic heterocycles. The molecule has 0 saturated heterocycles. The zero-order valence-electron chi connectivity index (χ0n) is 10.1. The number of nitrogens with two attached hydrogens (primary N) is 2. The monoisotopic (exact) mass is 375 g/mol. The van der Waals surface area contributed by atoms with Crippen molar-refractivity contribution in [2.45, 2.75) is 4.90 Å².